The van der Waals surface area contributed by atoms with Gasteiger partial charge in [-0.15, -0.1) is 0 Å². The van der Waals surface area contributed by atoms with Gasteiger partial charge < -0.3 is 14.7 Å². The molecule has 0 bridgehead atoms. The number of carbonyl (C=O) groups is 2. The van der Waals surface area contributed by atoms with Crippen LogP contribution in [0.15, 0.2) is 21.6 Å². The van der Waals surface area contributed by atoms with Crippen molar-refractivity contribution < 1.29 is 27.9 Å². The van der Waals surface area contributed by atoms with Gasteiger partial charge in [0.15, 0.2) is 15.0 Å². The Morgan fingerprint density at radius 1 is 1.29 bits per heavy atom. The minimum Gasteiger partial charge on any atom is -0.480 e. The van der Waals surface area contributed by atoms with Gasteiger partial charge >= 0.3 is 5.97 Å². The summed E-state index contributed by atoms with van der Waals surface area (Å²) < 4.78 is 30.0. The van der Waals surface area contributed by atoms with E-state index in [0.717, 1.165) is 21.3 Å². The van der Waals surface area contributed by atoms with Crippen LogP contribution >= 0.6 is 27.7 Å². The van der Waals surface area contributed by atoms with Crippen molar-refractivity contribution in [3.63, 3.8) is 0 Å². The fourth-order valence-electron chi connectivity index (χ4n) is 3.47. The van der Waals surface area contributed by atoms with E-state index in [1.165, 1.54) is 11.8 Å². The fraction of sp³-hybridized carbons (Fsp3) is 0.471. The lowest BCUT2D eigenvalue weighted by atomic mass is 10.1. The van der Waals surface area contributed by atoms with Crippen LogP contribution in [0.25, 0.3) is 0 Å². The second-order valence-corrected chi connectivity index (χ2v) is 11.0. The SMILES string of the molecule is Cc1cc(Br)cc(C)c1N1C(=NC(=O)COCC(=O)O)S[C@@H]2CS(=O)(=O)C[C@@H]21. The highest BCUT2D eigenvalue weighted by Crippen LogP contribution is 2.43. The maximum absolute atomic E-state index is 12.2. The molecule has 0 unspecified atom stereocenters. The number of carbonyl (C=O) groups excluding carboxylic acids is 1. The van der Waals surface area contributed by atoms with Crippen molar-refractivity contribution in [2.75, 3.05) is 29.6 Å². The Morgan fingerprint density at radius 3 is 2.54 bits per heavy atom. The van der Waals surface area contributed by atoms with Crippen molar-refractivity contribution in [1.82, 2.24) is 0 Å². The van der Waals surface area contributed by atoms with E-state index in [4.69, 9.17) is 9.84 Å². The van der Waals surface area contributed by atoms with Crippen LogP contribution in [0.5, 0.6) is 0 Å². The molecule has 2 aliphatic rings. The van der Waals surface area contributed by atoms with Crippen molar-refractivity contribution in [1.29, 1.82) is 0 Å². The predicted octanol–water partition coefficient (Wildman–Crippen LogP) is 1.77. The van der Waals surface area contributed by atoms with E-state index in [1.54, 1.807) is 0 Å². The quantitative estimate of drug-likeness (QED) is 0.663. The van der Waals surface area contributed by atoms with Gasteiger partial charge in [0.1, 0.15) is 13.2 Å². The number of fused-ring (bicyclic) bond motifs is 1. The smallest absolute Gasteiger partial charge is 0.329 e. The number of amidine groups is 1. The van der Waals surface area contributed by atoms with Crippen molar-refractivity contribution in [2.24, 2.45) is 4.99 Å². The summed E-state index contributed by atoms with van der Waals surface area (Å²) >= 11 is 4.73. The van der Waals surface area contributed by atoms with Gasteiger partial charge in [-0.3, -0.25) is 4.79 Å². The Balaban J connectivity index is 1.95. The predicted molar refractivity (Wildman–Crippen MR) is 111 cm³/mol. The summed E-state index contributed by atoms with van der Waals surface area (Å²) in [5, 5.41) is 8.81. The molecule has 0 saturated carbocycles. The number of aliphatic carboxylic acids is 1. The van der Waals surface area contributed by atoms with Gasteiger partial charge in [0, 0.05) is 15.4 Å². The Kier molecular flexibility index (Phi) is 6.18. The monoisotopic (exact) mass is 490 g/mol. The molecule has 2 aliphatic heterocycles. The molecule has 8 nitrogen and oxygen atoms in total. The number of hydrogen-bond donors (Lipinski definition) is 1. The average Bonchev–Trinajstić information content (AvgIpc) is 2.98. The van der Waals surface area contributed by atoms with Crippen LogP contribution in [0, 0.1) is 13.8 Å². The Morgan fingerprint density at radius 2 is 1.93 bits per heavy atom. The van der Waals surface area contributed by atoms with E-state index in [9.17, 15) is 18.0 Å². The molecule has 0 spiro atoms. The zero-order chi connectivity index (χ0) is 20.6. The molecule has 3 rings (SSSR count). The molecule has 2 saturated heterocycles. The van der Waals surface area contributed by atoms with Crippen LogP contribution in [-0.2, 0) is 24.2 Å². The molecule has 28 heavy (non-hydrogen) atoms. The fourth-order valence-corrected chi connectivity index (χ4v) is 8.08. The van der Waals surface area contributed by atoms with Gasteiger partial charge in [-0.05, 0) is 37.1 Å². The van der Waals surface area contributed by atoms with Crippen molar-refractivity contribution in [3.8, 4) is 0 Å². The number of aliphatic imine (C=N–C) groups is 1. The van der Waals surface area contributed by atoms with E-state index < -0.39 is 34.9 Å². The number of thioether (sulfide) groups is 1. The molecular weight excluding hydrogens is 472 g/mol. The maximum Gasteiger partial charge on any atom is 0.329 e. The summed E-state index contributed by atoms with van der Waals surface area (Å²) in [5.41, 5.74) is 2.69. The molecule has 1 N–H and O–H groups in total. The summed E-state index contributed by atoms with van der Waals surface area (Å²) in [5.74, 6) is -1.74. The first-order valence-corrected chi connectivity index (χ1v) is 11.9. The van der Waals surface area contributed by atoms with Gasteiger partial charge in [0.25, 0.3) is 5.91 Å². The molecule has 2 atom stereocenters. The molecule has 11 heteroatoms. The zero-order valence-corrected chi connectivity index (χ0v) is 18.4. The molecule has 0 radical (unpaired) electrons. The van der Waals surface area contributed by atoms with E-state index in [0.29, 0.717) is 5.17 Å². The Labute approximate surface area is 175 Å². The van der Waals surface area contributed by atoms with Crippen LogP contribution < -0.4 is 4.90 Å². The first-order chi connectivity index (χ1) is 13.1. The van der Waals surface area contributed by atoms with E-state index in [1.807, 2.05) is 30.9 Å². The molecule has 1 aromatic carbocycles. The normalized spacial score (nSPS) is 24.5. The third-order valence-corrected chi connectivity index (χ3v) is 8.10. The molecular formula is C17H19BrN2O6S2. The van der Waals surface area contributed by atoms with Gasteiger partial charge in [-0.25, -0.2) is 13.2 Å². The molecule has 1 amide bonds. The number of aryl methyl sites for hydroxylation is 2. The van der Waals surface area contributed by atoms with Gasteiger partial charge in [-0.2, -0.15) is 4.99 Å². The number of rotatable bonds is 5. The number of ether oxygens (including phenoxy) is 1. The first-order valence-electron chi connectivity index (χ1n) is 8.41. The Hall–Kier alpha value is -1.43. The van der Waals surface area contributed by atoms with E-state index in [-0.39, 0.29) is 22.8 Å². The van der Waals surface area contributed by atoms with Crippen LogP contribution in [0.4, 0.5) is 5.69 Å². The number of nitrogens with zero attached hydrogens (tertiary/aromatic N) is 2. The van der Waals surface area contributed by atoms with Crippen LogP contribution in [-0.4, -0.2) is 66.6 Å². The van der Waals surface area contributed by atoms with Crippen molar-refractivity contribution >= 4 is 60.3 Å². The average molecular weight is 491 g/mol. The number of anilines is 1. The first kappa shape index (κ1) is 21.3. The largest absolute Gasteiger partial charge is 0.480 e. The van der Waals surface area contributed by atoms with E-state index in [2.05, 4.69) is 20.9 Å². The van der Waals surface area contributed by atoms with Crippen LogP contribution in [0.2, 0.25) is 0 Å². The number of carboxylic acid groups (broad SMARTS) is 1. The lowest BCUT2D eigenvalue weighted by molar-refractivity contribution is -0.143. The van der Waals surface area contributed by atoms with E-state index >= 15 is 0 Å². The summed E-state index contributed by atoms with van der Waals surface area (Å²) in [7, 11) is -3.16. The van der Waals surface area contributed by atoms with Crippen molar-refractivity contribution in [3.05, 3.63) is 27.7 Å². The van der Waals surface area contributed by atoms with Crippen LogP contribution in [0.1, 0.15) is 11.1 Å². The maximum atomic E-state index is 12.2. The highest BCUT2D eigenvalue weighted by atomic mass is 79.9. The number of carboxylic acids is 1. The minimum atomic E-state index is -3.16. The molecule has 1 aromatic rings. The number of amides is 1. The Bertz CT molecular complexity index is 939. The number of sulfone groups is 1. The number of benzene rings is 1. The lowest BCUT2D eigenvalue weighted by Gasteiger charge is -2.28. The molecule has 2 fully saturated rings. The third-order valence-electron chi connectivity index (χ3n) is 4.43. The highest BCUT2D eigenvalue weighted by Gasteiger charge is 2.50. The summed E-state index contributed by atoms with van der Waals surface area (Å²) in [4.78, 5) is 28.6. The summed E-state index contributed by atoms with van der Waals surface area (Å²) in [6.45, 7) is 2.81. The second kappa shape index (κ2) is 8.13. The lowest BCUT2D eigenvalue weighted by Crippen LogP contribution is -2.38. The summed E-state index contributed by atoms with van der Waals surface area (Å²) in [6.07, 6.45) is 0. The van der Waals surface area contributed by atoms with Crippen LogP contribution in [0.3, 0.4) is 0 Å². The number of hydrogen-bond acceptors (Lipinski definition) is 6. The molecule has 2 heterocycles. The molecule has 0 aliphatic carbocycles. The highest BCUT2D eigenvalue weighted by molar-refractivity contribution is 9.10. The minimum absolute atomic E-state index is 0.00232. The van der Waals surface area contributed by atoms with Crippen molar-refractivity contribution in [2.45, 2.75) is 25.1 Å². The second-order valence-electron chi connectivity index (χ2n) is 6.73. The number of halogens is 1. The standard InChI is InChI=1S/C17H19BrN2O6S2/c1-9-3-11(18)4-10(2)16(9)20-12-7-28(24,25)8-13(12)27-17(20)19-14(21)5-26-6-15(22)23/h3-4,12-13H,5-8H2,1-2H3,(H,22,23)/t12-,13+/m0/s1. The molecule has 0 aromatic heterocycles. The van der Waals surface area contributed by atoms with Gasteiger partial charge in [-0.1, -0.05) is 27.7 Å². The topological polar surface area (TPSA) is 113 Å². The third kappa shape index (κ3) is 4.58. The zero-order valence-electron chi connectivity index (χ0n) is 15.2. The van der Waals surface area contributed by atoms with Gasteiger partial charge in [0.2, 0.25) is 0 Å². The molecule has 152 valence electrons. The van der Waals surface area contributed by atoms with Gasteiger partial charge in [0.05, 0.1) is 17.5 Å². The summed E-state index contributed by atoms with van der Waals surface area (Å²) in [6, 6.07) is 3.55.